The number of aromatic amines is 1. The molecule has 0 aromatic carbocycles. The van der Waals surface area contributed by atoms with Gasteiger partial charge < -0.3 is 9.72 Å². The van der Waals surface area contributed by atoms with Crippen LogP contribution in [0.2, 0.25) is 0 Å². The molecule has 4 nitrogen and oxygen atoms in total. The Morgan fingerprint density at radius 3 is 3.00 bits per heavy atom. The number of esters is 1. The van der Waals surface area contributed by atoms with Crippen LogP contribution in [0, 0.1) is 5.92 Å². The molecule has 2 aromatic rings. The molecule has 0 bridgehead atoms. The van der Waals surface area contributed by atoms with E-state index in [2.05, 4.69) is 9.97 Å². The smallest absolute Gasteiger partial charge is 0.340 e. The van der Waals surface area contributed by atoms with Gasteiger partial charge in [0.05, 0.1) is 23.2 Å². The summed E-state index contributed by atoms with van der Waals surface area (Å²) in [5.74, 6) is 0.291. The molecule has 2 aromatic heterocycles. The molecule has 4 heteroatoms. The van der Waals surface area contributed by atoms with Crippen LogP contribution in [0.5, 0.6) is 0 Å². The summed E-state index contributed by atoms with van der Waals surface area (Å²) in [7, 11) is 0. The first-order valence-corrected chi connectivity index (χ1v) is 6.94. The highest BCUT2D eigenvalue weighted by atomic mass is 16.5. The molecule has 3 rings (SSSR count). The number of ether oxygens (including phenoxy) is 1. The van der Waals surface area contributed by atoms with Crippen molar-refractivity contribution < 1.29 is 9.53 Å². The maximum atomic E-state index is 12.1. The first kappa shape index (κ1) is 12.2. The number of hydrogen-bond donors (Lipinski definition) is 1. The van der Waals surface area contributed by atoms with E-state index in [1.165, 1.54) is 32.1 Å². The van der Waals surface area contributed by atoms with Gasteiger partial charge in [0.1, 0.15) is 0 Å². The topological polar surface area (TPSA) is 55.0 Å². The summed E-state index contributed by atoms with van der Waals surface area (Å²) in [5, 5.41) is 0. The van der Waals surface area contributed by atoms with E-state index in [1.54, 1.807) is 18.5 Å². The molecule has 0 atom stereocenters. The summed E-state index contributed by atoms with van der Waals surface area (Å²) in [6, 6.07) is 3.56. The van der Waals surface area contributed by atoms with E-state index in [9.17, 15) is 4.79 Å². The minimum Gasteiger partial charge on any atom is -0.462 e. The number of carbonyl (C=O) groups is 1. The van der Waals surface area contributed by atoms with Crippen LogP contribution in [0.25, 0.3) is 11.0 Å². The van der Waals surface area contributed by atoms with Crippen molar-refractivity contribution in [1.29, 1.82) is 0 Å². The molecule has 0 amide bonds. The summed E-state index contributed by atoms with van der Waals surface area (Å²) in [4.78, 5) is 19.4. The number of fused-ring (bicyclic) bond motifs is 1. The van der Waals surface area contributed by atoms with Crippen LogP contribution in [0.3, 0.4) is 0 Å². The molecule has 0 radical (unpaired) electrons. The fraction of sp³-hybridized carbons (Fsp3) is 0.467. The molecule has 0 spiro atoms. The number of pyridine rings is 1. The van der Waals surface area contributed by atoms with E-state index in [0.717, 1.165) is 11.0 Å². The minimum atomic E-state index is -0.250. The van der Waals surface area contributed by atoms with E-state index >= 15 is 0 Å². The van der Waals surface area contributed by atoms with Crippen molar-refractivity contribution in [2.45, 2.75) is 32.1 Å². The molecule has 1 aliphatic carbocycles. The van der Waals surface area contributed by atoms with Crippen molar-refractivity contribution >= 4 is 17.0 Å². The van der Waals surface area contributed by atoms with Gasteiger partial charge in [-0.15, -0.1) is 0 Å². The molecule has 1 aliphatic rings. The Labute approximate surface area is 112 Å². The van der Waals surface area contributed by atoms with Gasteiger partial charge in [0.15, 0.2) is 0 Å². The third-order valence-electron chi connectivity index (χ3n) is 3.84. The van der Waals surface area contributed by atoms with E-state index < -0.39 is 0 Å². The van der Waals surface area contributed by atoms with Gasteiger partial charge in [-0.25, -0.2) is 4.79 Å². The first-order valence-electron chi connectivity index (χ1n) is 6.94. The zero-order valence-electron chi connectivity index (χ0n) is 10.9. The molecule has 1 N–H and O–H groups in total. The average Bonchev–Trinajstić information content (AvgIpc) is 2.94. The van der Waals surface area contributed by atoms with Crippen LogP contribution >= 0.6 is 0 Å². The zero-order valence-corrected chi connectivity index (χ0v) is 10.9. The van der Waals surface area contributed by atoms with Crippen LogP contribution in [0.15, 0.2) is 24.5 Å². The highest BCUT2D eigenvalue weighted by Crippen LogP contribution is 2.24. The number of rotatable bonds is 3. The van der Waals surface area contributed by atoms with Gasteiger partial charge in [-0.05, 0) is 30.9 Å². The monoisotopic (exact) mass is 258 g/mol. The summed E-state index contributed by atoms with van der Waals surface area (Å²) in [5.41, 5.74) is 2.13. The lowest BCUT2D eigenvalue weighted by atomic mass is 9.90. The molecule has 0 saturated heterocycles. The van der Waals surface area contributed by atoms with Gasteiger partial charge in [0.25, 0.3) is 0 Å². The predicted octanol–water partition coefficient (Wildman–Crippen LogP) is 3.30. The van der Waals surface area contributed by atoms with Gasteiger partial charge >= 0.3 is 5.97 Å². The van der Waals surface area contributed by atoms with Gasteiger partial charge in [0.2, 0.25) is 0 Å². The Morgan fingerprint density at radius 2 is 2.16 bits per heavy atom. The largest absolute Gasteiger partial charge is 0.462 e. The molecule has 1 fully saturated rings. The Balaban J connectivity index is 1.68. The van der Waals surface area contributed by atoms with E-state index in [-0.39, 0.29) is 5.97 Å². The summed E-state index contributed by atoms with van der Waals surface area (Å²) < 4.78 is 5.46. The van der Waals surface area contributed by atoms with Crippen molar-refractivity contribution in [3.8, 4) is 0 Å². The van der Waals surface area contributed by atoms with E-state index in [4.69, 9.17) is 4.74 Å². The first-order chi connectivity index (χ1) is 9.34. The lowest BCUT2D eigenvalue weighted by Gasteiger charge is -2.21. The average molecular weight is 258 g/mol. The van der Waals surface area contributed by atoms with Crippen LogP contribution in [-0.4, -0.2) is 22.5 Å². The van der Waals surface area contributed by atoms with Crippen LogP contribution in [0.1, 0.15) is 42.5 Å². The second kappa shape index (κ2) is 5.43. The predicted molar refractivity (Wildman–Crippen MR) is 73.0 cm³/mol. The van der Waals surface area contributed by atoms with E-state index in [0.29, 0.717) is 18.1 Å². The van der Waals surface area contributed by atoms with Crippen molar-refractivity contribution in [2.24, 2.45) is 5.92 Å². The molecule has 1 saturated carbocycles. The molecule has 0 unspecified atom stereocenters. The SMILES string of the molecule is O=C(OCC1CCCCC1)c1ccnc2cc[nH]c12. The Hall–Kier alpha value is -1.84. The summed E-state index contributed by atoms with van der Waals surface area (Å²) in [6.45, 7) is 0.545. The summed E-state index contributed by atoms with van der Waals surface area (Å²) in [6.07, 6.45) is 9.64. The normalized spacial score (nSPS) is 16.6. The molecule has 19 heavy (non-hydrogen) atoms. The fourth-order valence-electron chi connectivity index (χ4n) is 2.76. The van der Waals surface area contributed by atoms with E-state index in [1.807, 2.05) is 6.07 Å². The van der Waals surface area contributed by atoms with Crippen LogP contribution in [0.4, 0.5) is 0 Å². The molecule has 0 aliphatic heterocycles. The van der Waals surface area contributed by atoms with Crippen LogP contribution in [-0.2, 0) is 4.74 Å². The standard InChI is InChI=1S/C15H18N2O2/c18-15(19-10-11-4-2-1-3-5-11)12-6-8-16-13-7-9-17-14(12)13/h6-9,11,17H,1-5,10H2. The minimum absolute atomic E-state index is 0.250. The molecule has 2 heterocycles. The number of nitrogens with one attached hydrogen (secondary N) is 1. The van der Waals surface area contributed by atoms with Crippen molar-refractivity contribution in [2.75, 3.05) is 6.61 Å². The second-order valence-corrected chi connectivity index (χ2v) is 5.20. The highest BCUT2D eigenvalue weighted by molar-refractivity contribution is 6.01. The molecule has 100 valence electrons. The van der Waals surface area contributed by atoms with Crippen molar-refractivity contribution in [1.82, 2.24) is 9.97 Å². The van der Waals surface area contributed by atoms with Crippen molar-refractivity contribution in [3.05, 3.63) is 30.1 Å². The van der Waals surface area contributed by atoms with Gasteiger partial charge in [-0.1, -0.05) is 19.3 Å². The van der Waals surface area contributed by atoms with Gasteiger partial charge in [-0.2, -0.15) is 0 Å². The number of H-pyrrole nitrogens is 1. The lowest BCUT2D eigenvalue weighted by molar-refractivity contribution is 0.0412. The second-order valence-electron chi connectivity index (χ2n) is 5.20. The highest BCUT2D eigenvalue weighted by Gasteiger charge is 2.18. The Bertz CT molecular complexity index is 570. The lowest BCUT2D eigenvalue weighted by Crippen LogP contribution is -2.17. The third kappa shape index (κ3) is 2.62. The number of nitrogens with zero attached hydrogens (tertiary/aromatic N) is 1. The maximum Gasteiger partial charge on any atom is 0.340 e. The fourth-order valence-corrected chi connectivity index (χ4v) is 2.76. The molecular formula is C15H18N2O2. The van der Waals surface area contributed by atoms with Gasteiger partial charge in [0, 0.05) is 12.4 Å². The quantitative estimate of drug-likeness (QED) is 0.859. The molecular weight excluding hydrogens is 240 g/mol. The third-order valence-corrected chi connectivity index (χ3v) is 3.84. The maximum absolute atomic E-state index is 12.1. The number of hydrogen-bond acceptors (Lipinski definition) is 3. The van der Waals surface area contributed by atoms with Gasteiger partial charge in [-0.3, -0.25) is 4.98 Å². The van der Waals surface area contributed by atoms with Crippen molar-refractivity contribution in [3.63, 3.8) is 0 Å². The number of carbonyl (C=O) groups excluding carboxylic acids is 1. The Kier molecular flexibility index (Phi) is 3.49. The zero-order chi connectivity index (χ0) is 13.1. The summed E-state index contributed by atoms with van der Waals surface area (Å²) >= 11 is 0. The van der Waals surface area contributed by atoms with Crippen LogP contribution < -0.4 is 0 Å². The number of aromatic nitrogens is 2. The Morgan fingerprint density at radius 1 is 1.32 bits per heavy atom.